The number of carbonyl (C=O) groups excluding carboxylic acids is 1. The largest absolute Gasteiger partial charge is 0.341 e. The summed E-state index contributed by atoms with van der Waals surface area (Å²) < 4.78 is 0. The summed E-state index contributed by atoms with van der Waals surface area (Å²) in [4.78, 5) is 16.2. The summed E-state index contributed by atoms with van der Waals surface area (Å²) >= 11 is 0. The average Bonchev–Trinajstić information content (AvgIpc) is 2.27. The van der Waals surface area contributed by atoms with Gasteiger partial charge in [-0.05, 0) is 32.9 Å². The maximum atomic E-state index is 12.0. The van der Waals surface area contributed by atoms with Gasteiger partial charge in [-0.15, -0.1) is 24.8 Å². The minimum Gasteiger partial charge on any atom is -0.341 e. The first-order chi connectivity index (χ1) is 7.43. The van der Waals surface area contributed by atoms with Crippen LogP contribution in [-0.2, 0) is 4.79 Å². The van der Waals surface area contributed by atoms with E-state index >= 15 is 0 Å². The van der Waals surface area contributed by atoms with Crippen molar-refractivity contribution in [2.45, 2.75) is 38.8 Å². The molecule has 1 atom stereocenters. The third-order valence-corrected chi connectivity index (χ3v) is 3.51. The van der Waals surface area contributed by atoms with Gasteiger partial charge in [-0.25, -0.2) is 0 Å². The Morgan fingerprint density at radius 1 is 1.22 bits per heavy atom. The Balaban J connectivity index is 0. The van der Waals surface area contributed by atoms with E-state index in [4.69, 9.17) is 5.73 Å². The number of hydrogen-bond donors (Lipinski definition) is 1. The summed E-state index contributed by atoms with van der Waals surface area (Å²) in [6.45, 7) is 5.69. The average molecular weight is 300 g/mol. The lowest BCUT2D eigenvalue weighted by molar-refractivity contribution is -0.135. The van der Waals surface area contributed by atoms with Crippen molar-refractivity contribution in [2.75, 3.05) is 27.2 Å². The van der Waals surface area contributed by atoms with Crippen LogP contribution in [0, 0.1) is 5.92 Å². The number of rotatable bonds is 3. The molecule has 1 aliphatic heterocycles. The van der Waals surface area contributed by atoms with Gasteiger partial charge >= 0.3 is 0 Å². The second-order valence-electron chi connectivity index (χ2n) is 5.29. The van der Waals surface area contributed by atoms with Crippen LogP contribution < -0.4 is 5.73 Å². The Morgan fingerprint density at radius 2 is 1.67 bits per heavy atom. The van der Waals surface area contributed by atoms with E-state index in [1.54, 1.807) is 0 Å². The van der Waals surface area contributed by atoms with Crippen molar-refractivity contribution in [3.05, 3.63) is 0 Å². The number of amides is 1. The predicted molar refractivity (Wildman–Crippen MR) is 80.6 cm³/mol. The van der Waals surface area contributed by atoms with Gasteiger partial charge in [0.05, 0.1) is 6.04 Å². The molecule has 18 heavy (non-hydrogen) atoms. The summed E-state index contributed by atoms with van der Waals surface area (Å²) in [5.74, 6) is 0.339. The zero-order valence-corrected chi connectivity index (χ0v) is 13.4. The predicted octanol–water partition coefficient (Wildman–Crippen LogP) is 1.37. The van der Waals surface area contributed by atoms with Crippen LogP contribution >= 0.6 is 24.8 Å². The van der Waals surface area contributed by atoms with Crippen LogP contribution in [0.1, 0.15) is 26.7 Å². The molecule has 4 nitrogen and oxygen atoms in total. The molecule has 0 aliphatic carbocycles. The van der Waals surface area contributed by atoms with E-state index in [9.17, 15) is 4.79 Å². The van der Waals surface area contributed by atoms with Crippen LogP contribution in [-0.4, -0.2) is 55.0 Å². The van der Waals surface area contributed by atoms with Crippen molar-refractivity contribution in [3.8, 4) is 0 Å². The summed E-state index contributed by atoms with van der Waals surface area (Å²) in [6, 6.07) is 0.273. The van der Waals surface area contributed by atoms with Crippen LogP contribution in [0.25, 0.3) is 0 Å². The van der Waals surface area contributed by atoms with Crippen molar-refractivity contribution in [2.24, 2.45) is 11.7 Å². The topological polar surface area (TPSA) is 49.6 Å². The molecule has 1 rings (SSSR count). The molecule has 0 aromatic rings. The van der Waals surface area contributed by atoms with Gasteiger partial charge in [-0.3, -0.25) is 4.79 Å². The summed E-state index contributed by atoms with van der Waals surface area (Å²) in [7, 11) is 4.20. The fraction of sp³-hybridized carbons (Fsp3) is 0.917. The minimum absolute atomic E-state index is 0. The second-order valence-corrected chi connectivity index (χ2v) is 5.29. The number of halogens is 2. The van der Waals surface area contributed by atoms with Gasteiger partial charge < -0.3 is 15.5 Å². The molecule has 0 bridgehead atoms. The molecule has 1 unspecified atom stereocenters. The SMILES string of the molecule is CC(C)C(N)C(=O)N1CCC(N(C)C)CC1.Cl.Cl. The second kappa shape index (κ2) is 8.97. The molecule has 2 N–H and O–H groups in total. The Kier molecular flexibility index (Phi) is 10.1. The standard InChI is InChI=1S/C12H25N3O.2ClH/c1-9(2)11(13)12(16)15-7-5-10(6-8-15)14(3)4;;/h9-11H,5-8,13H2,1-4H3;2*1H. The first kappa shape index (κ1) is 20.3. The highest BCUT2D eigenvalue weighted by Crippen LogP contribution is 2.15. The third-order valence-electron chi connectivity index (χ3n) is 3.51. The van der Waals surface area contributed by atoms with E-state index in [2.05, 4.69) is 19.0 Å². The van der Waals surface area contributed by atoms with E-state index in [0.717, 1.165) is 25.9 Å². The van der Waals surface area contributed by atoms with Crippen LogP contribution in [0.5, 0.6) is 0 Å². The monoisotopic (exact) mass is 299 g/mol. The number of nitrogens with zero attached hydrogens (tertiary/aromatic N) is 2. The molecular formula is C12H27Cl2N3O. The van der Waals surface area contributed by atoms with Crippen molar-refractivity contribution >= 4 is 30.7 Å². The summed E-state index contributed by atoms with van der Waals surface area (Å²) in [5, 5.41) is 0. The Bertz CT molecular complexity index is 241. The van der Waals surface area contributed by atoms with Gasteiger partial charge in [0, 0.05) is 19.1 Å². The molecule has 110 valence electrons. The maximum Gasteiger partial charge on any atom is 0.239 e. The molecule has 1 fully saturated rings. The van der Waals surface area contributed by atoms with Crippen LogP contribution in [0.15, 0.2) is 0 Å². The smallest absolute Gasteiger partial charge is 0.239 e. The highest BCUT2D eigenvalue weighted by Gasteiger charge is 2.28. The highest BCUT2D eigenvalue weighted by molar-refractivity contribution is 5.85. The lowest BCUT2D eigenvalue weighted by atomic mass is 10.00. The molecule has 1 saturated heterocycles. The Morgan fingerprint density at radius 3 is 2.00 bits per heavy atom. The van der Waals surface area contributed by atoms with Gasteiger partial charge in [-0.1, -0.05) is 13.8 Å². The number of hydrogen-bond acceptors (Lipinski definition) is 3. The van der Waals surface area contributed by atoms with Crippen LogP contribution in [0.4, 0.5) is 0 Å². The number of piperidine rings is 1. The molecule has 0 aromatic heterocycles. The quantitative estimate of drug-likeness (QED) is 0.856. The maximum absolute atomic E-state index is 12.0. The summed E-state index contributed by atoms with van der Waals surface area (Å²) in [6.07, 6.45) is 2.12. The molecule has 0 radical (unpaired) electrons. The molecule has 1 amide bonds. The Labute approximate surface area is 123 Å². The first-order valence-electron chi connectivity index (χ1n) is 6.14. The lowest BCUT2D eigenvalue weighted by Crippen LogP contribution is -2.51. The van der Waals surface area contributed by atoms with Crippen molar-refractivity contribution < 1.29 is 4.79 Å². The fourth-order valence-electron chi connectivity index (χ4n) is 2.10. The minimum atomic E-state index is -0.337. The number of nitrogens with two attached hydrogens (primary N) is 1. The van der Waals surface area contributed by atoms with Gasteiger partial charge in [0.2, 0.25) is 5.91 Å². The zero-order chi connectivity index (χ0) is 12.3. The zero-order valence-electron chi connectivity index (χ0n) is 11.8. The molecule has 1 aliphatic rings. The lowest BCUT2D eigenvalue weighted by Gasteiger charge is -2.36. The van der Waals surface area contributed by atoms with E-state index in [1.807, 2.05) is 18.7 Å². The van der Waals surface area contributed by atoms with Crippen molar-refractivity contribution in [1.29, 1.82) is 0 Å². The molecule has 0 saturated carbocycles. The van der Waals surface area contributed by atoms with Crippen LogP contribution in [0.3, 0.4) is 0 Å². The Hall–Kier alpha value is -0.0300. The van der Waals surface area contributed by atoms with Crippen molar-refractivity contribution in [1.82, 2.24) is 9.80 Å². The van der Waals surface area contributed by atoms with Crippen LogP contribution in [0.2, 0.25) is 0 Å². The van der Waals surface area contributed by atoms with E-state index in [-0.39, 0.29) is 42.7 Å². The van der Waals surface area contributed by atoms with Gasteiger partial charge in [0.25, 0.3) is 0 Å². The highest BCUT2D eigenvalue weighted by atomic mass is 35.5. The number of carbonyl (C=O) groups is 1. The van der Waals surface area contributed by atoms with E-state index in [1.165, 1.54) is 0 Å². The third kappa shape index (κ3) is 5.31. The number of likely N-dealkylation sites (tertiary alicyclic amines) is 1. The first-order valence-corrected chi connectivity index (χ1v) is 6.14. The van der Waals surface area contributed by atoms with E-state index in [0.29, 0.717) is 6.04 Å². The van der Waals surface area contributed by atoms with Gasteiger partial charge in [-0.2, -0.15) is 0 Å². The molecular weight excluding hydrogens is 273 g/mol. The van der Waals surface area contributed by atoms with Gasteiger partial charge in [0.15, 0.2) is 0 Å². The van der Waals surface area contributed by atoms with E-state index < -0.39 is 0 Å². The van der Waals surface area contributed by atoms with Crippen molar-refractivity contribution in [3.63, 3.8) is 0 Å². The molecule has 6 heteroatoms. The molecule has 1 heterocycles. The normalized spacial score (nSPS) is 18.3. The molecule has 0 aromatic carbocycles. The van der Waals surface area contributed by atoms with Gasteiger partial charge in [0.1, 0.15) is 0 Å². The molecule has 0 spiro atoms. The summed E-state index contributed by atoms with van der Waals surface area (Å²) in [5.41, 5.74) is 5.88. The fourth-order valence-corrected chi connectivity index (χ4v) is 2.10.